The van der Waals surface area contributed by atoms with Gasteiger partial charge < -0.3 is 4.84 Å². The van der Waals surface area contributed by atoms with Crippen molar-refractivity contribution in [3.05, 3.63) is 76.3 Å². The SMILES string of the molecule is CC(C)(C(=O)ON1C(=O)c2ccccc2C1=O)c1csc(-c2c(F)cccc2F)n1. The molecule has 0 radical (unpaired) electrons. The molecule has 0 saturated carbocycles. The van der Waals surface area contributed by atoms with E-state index in [4.69, 9.17) is 4.84 Å². The highest BCUT2D eigenvalue weighted by molar-refractivity contribution is 7.13. The van der Waals surface area contributed by atoms with Crippen LogP contribution in [-0.2, 0) is 15.0 Å². The number of rotatable bonds is 4. The van der Waals surface area contributed by atoms with Crippen LogP contribution in [0.4, 0.5) is 8.78 Å². The predicted octanol–water partition coefficient (Wildman–Crippen LogP) is 4.12. The molecular formula is C21H14F2N2O4S. The Morgan fingerprint density at radius 2 is 1.57 bits per heavy atom. The van der Waals surface area contributed by atoms with E-state index in [0.717, 1.165) is 23.5 Å². The molecule has 1 aliphatic rings. The van der Waals surface area contributed by atoms with Crippen molar-refractivity contribution in [1.29, 1.82) is 0 Å². The van der Waals surface area contributed by atoms with Crippen LogP contribution in [0.3, 0.4) is 0 Å². The number of aromatic nitrogens is 1. The van der Waals surface area contributed by atoms with Gasteiger partial charge in [-0.25, -0.2) is 18.6 Å². The zero-order chi connectivity index (χ0) is 21.6. The van der Waals surface area contributed by atoms with E-state index in [0.29, 0.717) is 5.06 Å². The average Bonchev–Trinajstić information content (AvgIpc) is 3.29. The molecule has 1 aromatic heterocycles. The van der Waals surface area contributed by atoms with Crippen LogP contribution in [0.25, 0.3) is 10.6 Å². The number of hydrogen-bond acceptors (Lipinski definition) is 6. The highest BCUT2D eigenvalue weighted by atomic mass is 32.1. The summed E-state index contributed by atoms with van der Waals surface area (Å²) < 4.78 is 28.1. The van der Waals surface area contributed by atoms with Crippen LogP contribution in [0.15, 0.2) is 47.8 Å². The van der Waals surface area contributed by atoms with E-state index in [1.54, 1.807) is 12.1 Å². The van der Waals surface area contributed by atoms with Crippen molar-refractivity contribution in [3.8, 4) is 10.6 Å². The molecule has 0 unspecified atom stereocenters. The number of carbonyl (C=O) groups excluding carboxylic acids is 3. The minimum absolute atomic E-state index is 0.0576. The van der Waals surface area contributed by atoms with Crippen LogP contribution >= 0.6 is 11.3 Å². The number of carbonyl (C=O) groups is 3. The van der Waals surface area contributed by atoms with Crippen LogP contribution < -0.4 is 0 Å². The van der Waals surface area contributed by atoms with Gasteiger partial charge in [0.25, 0.3) is 11.8 Å². The Hall–Kier alpha value is -3.46. The largest absolute Gasteiger partial charge is 0.344 e. The van der Waals surface area contributed by atoms with E-state index >= 15 is 0 Å². The van der Waals surface area contributed by atoms with Crippen LogP contribution in [0.2, 0.25) is 0 Å². The van der Waals surface area contributed by atoms with Gasteiger partial charge in [-0.2, -0.15) is 0 Å². The molecule has 0 saturated heterocycles. The van der Waals surface area contributed by atoms with Gasteiger partial charge in [0, 0.05) is 5.38 Å². The Balaban J connectivity index is 1.59. The molecule has 30 heavy (non-hydrogen) atoms. The molecule has 0 aliphatic carbocycles. The maximum absolute atomic E-state index is 14.0. The fourth-order valence-corrected chi connectivity index (χ4v) is 3.96. The molecule has 0 spiro atoms. The number of imide groups is 1. The van der Waals surface area contributed by atoms with Crippen LogP contribution in [0.5, 0.6) is 0 Å². The third-order valence-electron chi connectivity index (χ3n) is 4.76. The first-order valence-corrected chi connectivity index (χ1v) is 9.70. The zero-order valence-corrected chi connectivity index (χ0v) is 16.6. The van der Waals surface area contributed by atoms with Gasteiger partial charge in [0.2, 0.25) is 0 Å². The zero-order valence-electron chi connectivity index (χ0n) is 15.8. The van der Waals surface area contributed by atoms with Gasteiger partial charge in [-0.15, -0.1) is 11.3 Å². The van der Waals surface area contributed by atoms with Gasteiger partial charge in [0.15, 0.2) is 0 Å². The Labute approximate surface area is 173 Å². The van der Waals surface area contributed by atoms with Crippen molar-refractivity contribution < 1.29 is 28.0 Å². The second kappa shape index (κ2) is 7.10. The van der Waals surface area contributed by atoms with E-state index in [9.17, 15) is 23.2 Å². The lowest BCUT2D eigenvalue weighted by atomic mass is 9.90. The van der Waals surface area contributed by atoms with Crippen molar-refractivity contribution in [2.24, 2.45) is 0 Å². The molecule has 0 fully saturated rings. The molecule has 0 bridgehead atoms. The number of fused-ring (bicyclic) bond motifs is 1. The summed E-state index contributed by atoms with van der Waals surface area (Å²) in [7, 11) is 0. The van der Waals surface area contributed by atoms with Gasteiger partial charge in [-0.1, -0.05) is 23.3 Å². The topological polar surface area (TPSA) is 76.6 Å². The lowest BCUT2D eigenvalue weighted by molar-refractivity contribution is -0.174. The normalized spacial score (nSPS) is 13.5. The average molecular weight is 428 g/mol. The third-order valence-corrected chi connectivity index (χ3v) is 5.62. The molecule has 0 N–H and O–H groups in total. The van der Waals surface area contributed by atoms with E-state index in [2.05, 4.69) is 4.98 Å². The maximum Gasteiger partial charge on any atom is 0.344 e. The third kappa shape index (κ3) is 3.07. The molecule has 2 amide bonds. The van der Waals surface area contributed by atoms with Gasteiger partial charge in [-0.05, 0) is 38.1 Å². The minimum Gasteiger partial charge on any atom is -0.329 e. The van der Waals surface area contributed by atoms with Gasteiger partial charge in [-0.3, -0.25) is 9.59 Å². The highest BCUT2D eigenvalue weighted by Gasteiger charge is 2.43. The number of amides is 2. The summed E-state index contributed by atoms with van der Waals surface area (Å²) in [6.07, 6.45) is 0. The number of halogens is 2. The molecule has 6 nitrogen and oxygen atoms in total. The van der Waals surface area contributed by atoms with E-state index < -0.39 is 34.8 Å². The van der Waals surface area contributed by atoms with Crippen LogP contribution in [0.1, 0.15) is 40.3 Å². The number of hydroxylamine groups is 2. The maximum atomic E-state index is 14.0. The second-order valence-electron chi connectivity index (χ2n) is 7.09. The van der Waals surface area contributed by atoms with E-state index in [1.165, 1.54) is 37.4 Å². The Kier molecular flexibility index (Phi) is 4.70. The molecule has 3 aromatic rings. The Morgan fingerprint density at radius 1 is 1.00 bits per heavy atom. The molecule has 4 rings (SSSR count). The Morgan fingerprint density at radius 3 is 2.13 bits per heavy atom. The number of hydrogen-bond donors (Lipinski definition) is 0. The van der Waals surface area contributed by atoms with Crippen molar-refractivity contribution >= 4 is 29.1 Å². The highest BCUT2D eigenvalue weighted by Crippen LogP contribution is 2.34. The summed E-state index contributed by atoms with van der Waals surface area (Å²) in [5.74, 6) is -3.95. The summed E-state index contributed by atoms with van der Waals surface area (Å²) in [5, 5.41) is 1.95. The summed E-state index contributed by atoms with van der Waals surface area (Å²) in [4.78, 5) is 46.9. The summed E-state index contributed by atoms with van der Waals surface area (Å²) in [5.41, 5.74) is -1.23. The first-order chi connectivity index (χ1) is 14.2. The summed E-state index contributed by atoms with van der Waals surface area (Å²) in [6, 6.07) is 9.58. The van der Waals surface area contributed by atoms with E-state index in [-0.39, 0.29) is 27.4 Å². The van der Waals surface area contributed by atoms with Gasteiger partial charge in [0.05, 0.1) is 22.4 Å². The van der Waals surface area contributed by atoms with Crippen LogP contribution in [0, 0.1) is 11.6 Å². The number of nitrogens with zero attached hydrogens (tertiary/aromatic N) is 2. The van der Waals surface area contributed by atoms with E-state index in [1.807, 2.05) is 0 Å². The predicted molar refractivity (Wildman–Crippen MR) is 104 cm³/mol. The lowest BCUT2D eigenvalue weighted by Crippen LogP contribution is -2.40. The molecule has 152 valence electrons. The summed E-state index contributed by atoms with van der Waals surface area (Å²) >= 11 is 0.963. The lowest BCUT2D eigenvalue weighted by Gasteiger charge is -2.22. The fraction of sp³-hybridized carbons (Fsp3) is 0.143. The van der Waals surface area contributed by atoms with Crippen molar-refractivity contribution in [2.75, 3.05) is 0 Å². The number of benzene rings is 2. The molecular weight excluding hydrogens is 414 g/mol. The molecule has 0 atom stereocenters. The molecule has 9 heteroatoms. The number of thiazole rings is 1. The Bertz CT molecular complexity index is 1150. The van der Waals surface area contributed by atoms with Crippen LogP contribution in [-0.4, -0.2) is 27.8 Å². The quantitative estimate of drug-likeness (QED) is 0.585. The van der Waals surface area contributed by atoms with Gasteiger partial charge in [0.1, 0.15) is 22.1 Å². The fourth-order valence-electron chi connectivity index (χ4n) is 2.93. The van der Waals surface area contributed by atoms with Crippen molar-refractivity contribution in [3.63, 3.8) is 0 Å². The second-order valence-corrected chi connectivity index (χ2v) is 7.95. The standard InChI is InChI=1S/C21H14F2N2O4S/c1-21(2,15-10-30-17(24-15)16-13(22)8-5-9-14(16)23)20(28)29-25-18(26)11-6-3-4-7-12(11)19(25)27/h3-10H,1-2H3. The monoisotopic (exact) mass is 428 g/mol. The smallest absolute Gasteiger partial charge is 0.329 e. The van der Waals surface area contributed by atoms with Gasteiger partial charge >= 0.3 is 5.97 Å². The molecule has 1 aliphatic heterocycles. The first-order valence-electron chi connectivity index (χ1n) is 8.82. The summed E-state index contributed by atoms with van der Waals surface area (Å²) in [6.45, 7) is 2.95. The van der Waals surface area contributed by atoms with Crippen molar-refractivity contribution in [1.82, 2.24) is 10.0 Å². The molecule has 2 heterocycles. The first kappa shape index (κ1) is 19.8. The molecule has 2 aromatic carbocycles. The van der Waals surface area contributed by atoms with Crippen molar-refractivity contribution in [2.45, 2.75) is 19.3 Å². The minimum atomic E-state index is -1.40.